The Morgan fingerprint density at radius 3 is 2.48 bits per heavy atom. The normalized spacial score (nSPS) is 33.4. The van der Waals surface area contributed by atoms with Gasteiger partial charge in [0.05, 0.1) is 30.1 Å². The number of likely N-dealkylation sites (tertiary alicyclic amines) is 1. The molecule has 3 aliphatic rings. The highest BCUT2D eigenvalue weighted by atomic mass is 35.5. The zero-order valence-electron chi connectivity index (χ0n) is 19.4. The van der Waals surface area contributed by atoms with Crippen LogP contribution in [0.1, 0.15) is 40.0 Å². The van der Waals surface area contributed by atoms with E-state index >= 15 is 0 Å². The van der Waals surface area contributed by atoms with Gasteiger partial charge in [-0.15, -0.1) is 0 Å². The molecule has 6 atom stereocenters. The van der Waals surface area contributed by atoms with E-state index in [0.29, 0.717) is 30.0 Å². The Balaban J connectivity index is 1.77. The average molecular weight is 478 g/mol. The van der Waals surface area contributed by atoms with Crippen molar-refractivity contribution in [1.29, 1.82) is 0 Å². The molecule has 0 aromatic heterocycles. The predicted octanol–water partition coefficient (Wildman–Crippen LogP) is 2.20. The van der Waals surface area contributed by atoms with Gasteiger partial charge >= 0.3 is 0 Å². The monoisotopic (exact) mass is 477 g/mol. The Labute approximate surface area is 199 Å². The summed E-state index contributed by atoms with van der Waals surface area (Å²) in [5, 5.41) is 16.3. The van der Waals surface area contributed by atoms with Crippen LogP contribution < -0.4 is 10.6 Å². The van der Waals surface area contributed by atoms with Gasteiger partial charge in [-0.05, 0) is 56.4 Å². The van der Waals surface area contributed by atoms with Gasteiger partial charge in [-0.3, -0.25) is 14.4 Å². The molecule has 1 aromatic carbocycles. The van der Waals surface area contributed by atoms with E-state index in [1.807, 2.05) is 20.8 Å². The smallest absolute Gasteiger partial charge is 0.250 e. The van der Waals surface area contributed by atoms with Crippen LogP contribution in [0.5, 0.6) is 0 Å². The second kappa shape index (κ2) is 8.56. The molecule has 3 heterocycles. The van der Waals surface area contributed by atoms with Crippen molar-refractivity contribution in [3.05, 3.63) is 29.3 Å². The molecule has 0 saturated carbocycles. The average Bonchev–Trinajstić information content (AvgIpc) is 3.33. The highest BCUT2D eigenvalue weighted by Gasteiger charge is 2.78. The maximum Gasteiger partial charge on any atom is 0.250 e. The number of aliphatic hydroxyl groups is 1. The summed E-state index contributed by atoms with van der Waals surface area (Å²) >= 11 is 5.97. The van der Waals surface area contributed by atoms with Crippen LogP contribution in [0, 0.1) is 17.8 Å². The second-order valence-corrected chi connectivity index (χ2v) is 10.5. The quantitative estimate of drug-likeness (QED) is 0.558. The van der Waals surface area contributed by atoms with Gasteiger partial charge in [-0.2, -0.15) is 0 Å². The minimum Gasteiger partial charge on any atom is -0.394 e. The molecule has 33 heavy (non-hydrogen) atoms. The van der Waals surface area contributed by atoms with Gasteiger partial charge in [-0.1, -0.05) is 25.4 Å². The topological polar surface area (TPSA) is 108 Å². The number of benzene rings is 1. The molecule has 1 aromatic rings. The van der Waals surface area contributed by atoms with Gasteiger partial charge in [0.2, 0.25) is 17.7 Å². The van der Waals surface area contributed by atoms with Gasteiger partial charge in [0.15, 0.2) is 0 Å². The lowest BCUT2D eigenvalue weighted by Gasteiger charge is -2.37. The number of aliphatic hydroxyl groups excluding tert-OH is 1. The van der Waals surface area contributed by atoms with E-state index in [2.05, 4.69) is 10.6 Å². The number of amides is 3. The first-order valence-corrected chi connectivity index (χ1v) is 11.9. The van der Waals surface area contributed by atoms with Gasteiger partial charge in [0, 0.05) is 17.8 Å². The van der Waals surface area contributed by atoms with E-state index < -0.39 is 41.0 Å². The van der Waals surface area contributed by atoms with Crippen molar-refractivity contribution >= 4 is 35.0 Å². The number of fused-ring (bicyclic) bond motifs is 1. The molecule has 3 saturated heterocycles. The van der Waals surface area contributed by atoms with Crippen molar-refractivity contribution < 1.29 is 24.2 Å². The van der Waals surface area contributed by atoms with E-state index in [1.54, 1.807) is 31.3 Å². The third-order valence-corrected chi connectivity index (χ3v) is 7.70. The van der Waals surface area contributed by atoms with Crippen molar-refractivity contribution in [2.75, 3.05) is 19.0 Å². The number of hydrogen-bond donors (Lipinski definition) is 3. The Morgan fingerprint density at radius 1 is 1.24 bits per heavy atom. The number of carbonyl (C=O) groups excluding carboxylic acids is 3. The number of anilines is 1. The lowest BCUT2D eigenvalue weighted by atomic mass is 9.66. The standard InChI is InChI=1S/C24H32ClN3O5/c1-13(2)11-16(12-29)28-19(21(31)27-15-7-5-14(25)6-8-15)24-10-9-23(3,33-24)17(20(30)26-4)18(24)22(28)32/h5-8,13,16-19,29H,9-12H2,1-4H3,(H,26,30)(H,27,31)/t16-,17+,18+,19?,23-,24?/m1/s1. The number of halogens is 1. The largest absolute Gasteiger partial charge is 0.394 e. The summed E-state index contributed by atoms with van der Waals surface area (Å²) in [6.07, 6.45) is 1.58. The maximum atomic E-state index is 13.9. The van der Waals surface area contributed by atoms with Crippen LogP contribution in [-0.2, 0) is 19.1 Å². The molecule has 0 aliphatic carbocycles. The molecule has 3 aliphatic heterocycles. The summed E-state index contributed by atoms with van der Waals surface area (Å²) in [5.41, 5.74) is -1.40. The molecule has 3 amide bonds. The molecule has 2 bridgehead atoms. The minimum absolute atomic E-state index is 0.192. The van der Waals surface area contributed by atoms with Gasteiger partial charge in [0.1, 0.15) is 11.6 Å². The molecule has 3 fully saturated rings. The zero-order valence-corrected chi connectivity index (χ0v) is 20.2. The van der Waals surface area contributed by atoms with Crippen LogP contribution in [0.15, 0.2) is 24.3 Å². The number of nitrogens with one attached hydrogen (secondary N) is 2. The summed E-state index contributed by atoms with van der Waals surface area (Å²) in [4.78, 5) is 42.0. The number of ether oxygens (including phenoxy) is 1. The van der Waals surface area contributed by atoms with Gasteiger partial charge in [0.25, 0.3) is 0 Å². The molecular weight excluding hydrogens is 446 g/mol. The fraction of sp³-hybridized carbons (Fsp3) is 0.625. The van der Waals surface area contributed by atoms with Crippen molar-refractivity contribution in [1.82, 2.24) is 10.2 Å². The highest BCUT2D eigenvalue weighted by Crippen LogP contribution is 2.63. The maximum absolute atomic E-state index is 13.9. The number of hydrogen-bond acceptors (Lipinski definition) is 5. The lowest BCUT2D eigenvalue weighted by Crippen LogP contribution is -2.56. The fourth-order valence-corrected chi connectivity index (χ4v) is 6.30. The molecule has 4 rings (SSSR count). The second-order valence-electron chi connectivity index (χ2n) is 10.0. The lowest BCUT2D eigenvalue weighted by molar-refractivity contribution is -0.148. The molecule has 180 valence electrons. The SMILES string of the molecule is CNC(=O)[C@@H]1[C@H]2C(=O)N([C@@H](CO)CC(C)C)C(C(=O)Nc3ccc(Cl)cc3)C23CC[C@@]1(C)O3. The van der Waals surface area contributed by atoms with Crippen LogP contribution in [0.4, 0.5) is 5.69 Å². The first-order valence-electron chi connectivity index (χ1n) is 11.5. The number of carbonyl (C=O) groups is 3. The third-order valence-electron chi connectivity index (χ3n) is 7.45. The van der Waals surface area contributed by atoms with E-state index in [9.17, 15) is 19.5 Å². The Hall–Kier alpha value is -2.16. The molecule has 8 nitrogen and oxygen atoms in total. The molecule has 1 spiro atoms. The summed E-state index contributed by atoms with van der Waals surface area (Å²) in [6.45, 7) is 5.58. The summed E-state index contributed by atoms with van der Waals surface area (Å²) in [7, 11) is 1.54. The van der Waals surface area contributed by atoms with Crippen LogP contribution in [0.3, 0.4) is 0 Å². The molecule has 0 radical (unpaired) electrons. The fourth-order valence-electron chi connectivity index (χ4n) is 6.18. The first-order chi connectivity index (χ1) is 15.6. The minimum atomic E-state index is -1.12. The summed E-state index contributed by atoms with van der Waals surface area (Å²) in [6, 6.07) is 5.21. The summed E-state index contributed by atoms with van der Waals surface area (Å²) < 4.78 is 6.51. The Bertz CT molecular complexity index is 954. The van der Waals surface area contributed by atoms with Crippen LogP contribution >= 0.6 is 11.6 Å². The van der Waals surface area contributed by atoms with Gasteiger partial charge in [-0.25, -0.2) is 0 Å². The Kier molecular flexibility index (Phi) is 6.22. The van der Waals surface area contributed by atoms with Crippen molar-refractivity contribution in [2.45, 2.75) is 63.3 Å². The van der Waals surface area contributed by atoms with E-state index in [-0.39, 0.29) is 24.3 Å². The van der Waals surface area contributed by atoms with E-state index in [0.717, 1.165) is 0 Å². The molecular formula is C24H32ClN3O5. The summed E-state index contributed by atoms with van der Waals surface area (Å²) in [5.74, 6) is -2.24. The number of nitrogens with zero attached hydrogens (tertiary/aromatic N) is 1. The number of rotatable bonds is 7. The third kappa shape index (κ3) is 3.72. The zero-order chi connectivity index (χ0) is 24.1. The van der Waals surface area contributed by atoms with Crippen LogP contribution in [0.2, 0.25) is 5.02 Å². The molecule has 3 N–H and O–H groups in total. The van der Waals surface area contributed by atoms with Gasteiger partial charge < -0.3 is 25.4 Å². The van der Waals surface area contributed by atoms with E-state index in [4.69, 9.17) is 16.3 Å². The Morgan fingerprint density at radius 2 is 1.91 bits per heavy atom. The van der Waals surface area contributed by atoms with Crippen molar-refractivity contribution in [3.63, 3.8) is 0 Å². The first kappa shape index (κ1) is 24.0. The predicted molar refractivity (Wildman–Crippen MR) is 124 cm³/mol. The molecule has 2 unspecified atom stereocenters. The molecule has 9 heteroatoms. The van der Waals surface area contributed by atoms with Crippen molar-refractivity contribution in [3.8, 4) is 0 Å². The van der Waals surface area contributed by atoms with Crippen molar-refractivity contribution in [2.24, 2.45) is 17.8 Å². The highest BCUT2D eigenvalue weighted by molar-refractivity contribution is 6.30. The van der Waals surface area contributed by atoms with E-state index in [1.165, 1.54) is 4.90 Å². The van der Waals surface area contributed by atoms with Crippen LogP contribution in [-0.4, -0.2) is 64.7 Å². The van der Waals surface area contributed by atoms with Crippen LogP contribution in [0.25, 0.3) is 0 Å².